The van der Waals surface area contributed by atoms with Crippen LogP contribution in [0.4, 0.5) is 0 Å². The number of halogens is 1. The fourth-order valence-corrected chi connectivity index (χ4v) is 2.21. The number of alkyl halides is 1. The predicted octanol–water partition coefficient (Wildman–Crippen LogP) is 3.01. The number of amides is 1. The molecule has 19 heavy (non-hydrogen) atoms. The van der Waals surface area contributed by atoms with Crippen molar-refractivity contribution in [3.05, 3.63) is 17.5 Å². The first-order valence-corrected chi connectivity index (χ1v) is 8.15. The average molecular weight is 330 g/mol. The van der Waals surface area contributed by atoms with Gasteiger partial charge in [0, 0.05) is 18.4 Å². The SMILES string of the molecule is CCc1cc(C(=O)NCCCC(C)CBr)n(CC)n1. The third-order valence-electron chi connectivity index (χ3n) is 3.15. The molecule has 1 aromatic rings. The van der Waals surface area contributed by atoms with Gasteiger partial charge in [0.05, 0.1) is 5.69 Å². The minimum absolute atomic E-state index is 0.0134. The van der Waals surface area contributed by atoms with Crippen molar-refractivity contribution in [3.8, 4) is 0 Å². The second kappa shape index (κ2) is 8.35. The maximum Gasteiger partial charge on any atom is 0.269 e. The van der Waals surface area contributed by atoms with E-state index < -0.39 is 0 Å². The summed E-state index contributed by atoms with van der Waals surface area (Å²) in [6.07, 6.45) is 2.99. The first kappa shape index (κ1) is 16.2. The highest BCUT2D eigenvalue weighted by Crippen LogP contribution is 2.08. The summed E-state index contributed by atoms with van der Waals surface area (Å²) in [7, 11) is 0. The van der Waals surface area contributed by atoms with E-state index in [1.165, 1.54) is 0 Å². The molecule has 0 spiro atoms. The van der Waals surface area contributed by atoms with E-state index in [0.717, 1.165) is 43.4 Å². The van der Waals surface area contributed by atoms with Crippen LogP contribution in [0.3, 0.4) is 0 Å². The van der Waals surface area contributed by atoms with Gasteiger partial charge in [-0.25, -0.2) is 0 Å². The molecule has 108 valence electrons. The molecule has 1 N–H and O–H groups in total. The zero-order chi connectivity index (χ0) is 14.3. The molecule has 1 amide bonds. The van der Waals surface area contributed by atoms with Crippen molar-refractivity contribution in [1.82, 2.24) is 15.1 Å². The number of aromatic nitrogens is 2. The molecule has 1 heterocycles. The molecular weight excluding hydrogens is 306 g/mol. The van der Waals surface area contributed by atoms with E-state index in [1.54, 1.807) is 4.68 Å². The van der Waals surface area contributed by atoms with Gasteiger partial charge in [-0.15, -0.1) is 0 Å². The van der Waals surface area contributed by atoms with Gasteiger partial charge in [-0.1, -0.05) is 29.8 Å². The van der Waals surface area contributed by atoms with Crippen LogP contribution in [0.2, 0.25) is 0 Å². The highest BCUT2D eigenvalue weighted by Gasteiger charge is 2.13. The van der Waals surface area contributed by atoms with E-state index >= 15 is 0 Å². The molecule has 5 heteroatoms. The van der Waals surface area contributed by atoms with Crippen LogP contribution < -0.4 is 5.32 Å². The fraction of sp³-hybridized carbons (Fsp3) is 0.714. The number of aryl methyl sites for hydroxylation is 2. The average Bonchev–Trinajstić information content (AvgIpc) is 2.86. The highest BCUT2D eigenvalue weighted by atomic mass is 79.9. The van der Waals surface area contributed by atoms with Gasteiger partial charge < -0.3 is 5.32 Å². The van der Waals surface area contributed by atoms with Crippen molar-refractivity contribution in [3.63, 3.8) is 0 Å². The maximum atomic E-state index is 12.1. The number of carbonyl (C=O) groups excluding carboxylic acids is 1. The zero-order valence-corrected chi connectivity index (χ0v) is 13.7. The Bertz CT molecular complexity index is 403. The van der Waals surface area contributed by atoms with Gasteiger partial charge in [-0.2, -0.15) is 5.10 Å². The Kier molecular flexibility index (Phi) is 7.13. The molecule has 0 bridgehead atoms. The number of nitrogens with zero attached hydrogens (tertiary/aromatic N) is 2. The minimum Gasteiger partial charge on any atom is -0.351 e. The second-order valence-electron chi connectivity index (χ2n) is 4.85. The van der Waals surface area contributed by atoms with Crippen LogP contribution in [0.5, 0.6) is 0 Å². The summed E-state index contributed by atoms with van der Waals surface area (Å²) in [5.41, 5.74) is 1.65. The summed E-state index contributed by atoms with van der Waals surface area (Å²) in [6, 6.07) is 1.89. The van der Waals surface area contributed by atoms with Crippen LogP contribution >= 0.6 is 15.9 Å². The van der Waals surface area contributed by atoms with E-state index in [1.807, 2.05) is 19.9 Å². The van der Waals surface area contributed by atoms with E-state index in [-0.39, 0.29) is 5.91 Å². The molecule has 0 aliphatic heterocycles. The Labute approximate surface area is 124 Å². The first-order valence-electron chi connectivity index (χ1n) is 7.03. The van der Waals surface area contributed by atoms with Crippen LogP contribution in [-0.2, 0) is 13.0 Å². The summed E-state index contributed by atoms with van der Waals surface area (Å²) in [5, 5.41) is 8.38. The summed E-state index contributed by atoms with van der Waals surface area (Å²) in [4.78, 5) is 12.1. The van der Waals surface area contributed by atoms with Crippen LogP contribution in [0.25, 0.3) is 0 Å². The third kappa shape index (κ3) is 4.97. The Morgan fingerprint density at radius 3 is 2.84 bits per heavy atom. The minimum atomic E-state index is -0.0134. The largest absolute Gasteiger partial charge is 0.351 e. The summed E-state index contributed by atoms with van der Waals surface area (Å²) in [6.45, 7) is 7.71. The van der Waals surface area contributed by atoms with Gasteiger partial charge in [0.25, 0.3) is 5.91 Å². The molecule has 1 aromatic heterocycles. The normalized spacial score (nSPS) is 12.4. The maximum absolute atomic E-state index is 12.1. The van der Waals surface area contributed by atoms with Gasteiger partial charge in [0.2, 0.25) is 0 Å². The Balaban J connectivity index is 2.47. The highest BCUT2D eigenvalue weighted by molar-refractivity contribution is 9.09. The lowest BCUT2D eigenvalue weighted by Gasteiger charge is -2.09. The molecule has 1 rings (SSSR count). The molecule has 0 aliphatic carbocycles. The van der Waals surface area contributed by atoms with Gasteiger partial charge >= 0.3 is 0 Å². The Hall–Kier alpha value is -0.840. The van der Waals surface area contributed by atoms with Crippen LogP contribution in [0, 0.1) is 5.92 Å². The quantitative estimate of drug-likeness (QED) is 0.588. The van der Waals surface area contributed by atoms with Gasteiger partial charge in [-0.3, -0.25) is 9.48 Å². The van der Waals surface area contributed by atoms with Crippen molar-refractivity contribution in [2.45, 2.75) is 46.6 Å². The Morgan fingerprint density at radius 1 is 1.53 bits per heavy atom. The third-order valence-corrected chi connectivity index (χ3v) is 4.25. The molecule has 1 unspecified atom stereocenters. The molecule has 0 fully saturated rings. The number of hydrogen-bond acceptors (Lipinski definition) is 2. The van der Waals surface area contributed by atoms with Crippen molar-refractivity contribution in [2.75, 3.05) is 11.9 Å². The van der Waals surface area contributed by atoms with Gasteiger partial charge in [-0.05, 0) is 38.2 Å². The summed E-state index contributed by atoms with van der Waals surface area (Å²) >= 11 is 3.46. The van der Waals surface area contributed by atoms with Crippen molar-refractivity contribution in [2.24, 2.45) is 5.92 Å². The molecular formula is C14H24BrN3O. The predicted molar refractivity (Wildman–Crippen MR) is 81.8 cm³/mol. The second-order valence-corrected chi connectivity index (χ2v) is 5.50. The van der Waals surface area contributed by atoms with Crippen LogP contribution in [0.1, 0.15) is 49.8 Å². The van der Waals surface area contributed by atoms with E-state index in [4.69, 9.17) is 0 Å². The van der Waals surface area contributed by atoms with E-state index in [2.05, 4.69) is 33.3 Å². The molecule has 4 nitrogen and oxygen atoms in total. The summed E-state index contributed by atoms with van der Waals surface area (Å²) < 4.78 is 1.77. The number of carbonyl (C=O) groups is 1. The van der Waals surface area contributed by atoms with E-state index in [9.17, 15) is 4.79 Å². The molecule has 0 aliphatic rings. The zero-order valence-electron chi connectivity index (χ0n) is 12.1. The van der Waals surface area contributed by atoms with Crippen molar-refractivity contribution in [1.29, 1.82) is 0 Å². The molecule has 0 radical (unpaired) electrons. The Morgan fingerprint density at radius 2 is 2.26 bits per heavy atom. The van der Waals surface area contributed by atoms with Crippen molar-refractivity contribution >= 4 is 21.8 Å². The standard InChI is InChI=1S/C14H24BrN3O/c1-4-12-9-13(18(5-2)17-12)14(19)16-8-6-7-11(3)10-15/h9,11H,4-8,10H2,1-3H3,(H,16,19). The smallest absolute Gasteiger partial charge is 0.269 e. The summed E-state index contributed by atoms with van der Waals surface area (Å²) in [5.74, 6) is 0.644. The number of nitrogens with one attached hydrogen (secondary N) is 1. The number of hydrogen-bond donors (Lipinski definition) is 1. The lowest BCUT2D eigenvalue weighted by Crippen LogP contribution is -2.27. The van der Waals surface area contributed by atoms with Gasteiger partial charge in [0.1, 0.15) is 5.69 Å². The van der Waals surface area contributed by atoms with Crippen LogP contribution in [0.15, 0.2) is 6.07 Å². The molecule has 1 atom stereocenters. The fourth-order valence-electron chi connectivity index (χ4n) is 1.89. The monoisotopic (exact) mass is 329 g/mol. The van der Waals surface area contributed by atoms with E-state index in [0.29, 0.717) is 11.6 Å². The number of rotatable bonds is 8. The lowest BCUT2D eigenvalue weighted by molar-refractivity contribution is 0.0942. The van der Waals surface area contributed by atoms with Crippen molar-refractivity contribution < 1.29 is 4.79 Å². The molecule has 0 saturated carbocycles. The van der Waals surface area contributed by atoms with Gasteiger partial charge in [0.15, 0.2) is 0 Å². The molecule has 0 saturated heterocycles. The lowest BCUT2D eigenvalue weighted by atomic mass is 10.1. The topological polar surface area (TPSA) is 46.9 Å². The van der Waals surface area contributed by atoms with Crippen LogP contribution in [-0.4, -0.2) is 27.6 Å². The molecule has 0 aromatic carbocycles. The first-order chi connectivity index (χ1) is 9.12.